The van der Waals surface area contributed by atoms with Gasteiger partial charge in [0.1, 0.15) is 0 Å². The molecule has 0 aliphatic heterocycles. The zero-order valence-corrected chi connectivity index (χ0v) is 17.9. The molecule has 2 aromatic rings. The number of carbonyl (C=O) groups excluding carboxylic acids is 1. The highest BCUT2D eigenvalue weighted by molar-refractivity contribution is 5.86. The monoisotopic (exact) mass is 394 g/mol. The third kappa shape index (κ3) is 5.17. The lowest BCUT2D eigenvalue weighted by atomic mass is 9.86. The summed E-state index contributed by atoms with van der Waals surface area (Å²) in [5, 5.41) is 4.11. The third-order valence-electron chi connectivity index (χ3n) is 5.21. The minimum Gasteiger partial charge on any atom is -0.493 e. The molecule has 2 aromatic carbocycles. The maximum absolute atomic E-state index is 12.4. The summed E-state index contributed by atoms with van der Waals surface area (Å²) in [6.45, 7) is 9.07. The zero-order valence-electron chi connectivity index (χ0n) is 17.9. The Morgan fingerprint density at radius 3 is 2.52 bits per heavy atom. The van der Waals surface area contributed by atoms with Gasteiger partial charge < -0.3 is 9.47 Å². The molecule has 0 aromatic heterocycles. The van der Waals surface area contributed by atoms with Gasteiger partial charge in [0.25, 0.3) is 0 Å². The summed E-state index contributed by atoms with van der Waals surface area (Å²) in [5.41, 5.74) is 6.16. The number of ether oxygens (including phenoxy) is 2. The number of carbonyl (C=O) groups is 1. The second-order valence-electron chi connectivity index (χ2n) is 8.40. The second kappa shape index (κ2) is 8.68. The molecule has 0 bridgehead atoms. The topological polar surface area (TPSA) is 59.9 Å². The standard InChI is InChI=1S/C24H30N2O3/c1-6-29-22-13-16(7-12-21(22)28-5)15-25-26-23(27)20-14-19(20)17-8-10-18(11-9-17)24(2,3)4/h7-13,15,19-20H,6,14H2,1-5H3,(H,26,27)/b25-15+/t19-,20-/m0/s1. The Labute approximate surface area is 173 Å². The third-order valence-corrected chi connectivity index (χ3v) is 5.21. The first-order valence-corrected chi connectivity index (χ1v) is 10.1. The molecule has 0 saturated heterocycles. The van der Waals surface area contributed by atoms with Crippen LogP contribution in [-0.4, -0.2) is 25.8 Å². The van der Waals surface area contributed by atoms with E-state index in [1.54, 1.807) is 13.3 Å². The summed E-state index contributed by atoms with van der Waals surface area (Å²) in [5.74, 6) is 1.56. The van der Waals surface area contributed by atoms with Crippen LogP contribution >= 0.6 is 0 Å². The molecule has 1 saturated carbocycles. The maximum Gasteiger partial charge on any atom is 0.243 e. The van der Waals surface area contributed by atoms with Crippen LogP contribution in [0.5, 0.6) is 11.5 Å². The Bertz CT molecular complexity index is 882. The minimum absolute atomic E-state index is 0.0116. The summed E-state index contributed by atoms with van der Waals surface area (Å²) in [6, 6.07) is 14.2. The van der Waals surface area contributed by atoms with Gasteiger partial charge in [-0.1, -0.05) is 45.0 Å². The number of nitrogens with one attached hydrogen (secondary N) is 1. The highest BCUT2D eigenvalue weighted by Gasteiger charge is 2.44. The van der Waals surface area contributed by atoms with Crippen LogP contribution in [0.25, 0.3) is 0 Å². The Hall–Kier alpha value is -2.82. The van der Waals surface area contributed by atoms with Crippen LogP contribution in [-0.2, 0) is 10.2 Å². The van der Waals surface area contributed by atoms with E-state index in [9.17, 15) is 4.79 Å². The van der Waals surface area contributed by atoms with Crippen molar-refractivity contribution in [2.45, 2.75) is 45.4 Å². The maximum atomic E-state index is 12.4. The summed E-state index contributed by atoms with van der Waals surface area (Å²) < 4.78 is 10.8. The van der Waals surface area contributed by atoms with E-state index < -0.39 is 0 Å². The smallest absolute Gasteiger partial charge is 0.243 e. The lowest BCUT2D eigenvalue weighted by Gasteiger charge is -2.19. The van der Waals surface area contributed by atoms with Crippen LogP contribution in [0.15, 0.2) is 47.6 Å². The van der Waals surface area contributed by atoms with Crippen LogP contribution in [0.3, 0.4) is 0 Å². The van der Waals surface area contributed by atoms with E-state index in [-0.39, 0.29) is 23.2 Å². The Morgan fingerprint density at radius 1 is 1.17 bits per heavy atom. The van der Waals surface area contributed by atoms with E-state index in [0.717, 1.165) is 12.0 Å². The molecule has 2 atom stereocenters. The van der Waals surface area contributed by atoms with E-state index in [0.29, 0.717) is 18.1 Å². The molecule has 0 unspecified atom stereocenters. The molecular weight excluding hydrogens is 364 g/mol. The number of rotatable bonds is 7. The fourth-order valence-electron chi connectivity index (χ4n) is 3.38. The molecule has 0 spiro atoms. The summed E-state index contributed by atoms with van der Waals surface area (Å²) in [4.78, 5) is 12.4. The van der Waals surface area contributed by atoms with E-state index in [1.807, 2.05) is 25.1 Å². The zero-order chi connectivity index (χ0) is 21.0. The van der Waals surface area contributed by atoms with Crippen molar-refractivity contribution in [2.24, 2.45) is 11.0 Å². The van der Waals surface area contributed by atoms with Crippen molar-refractivity contribution in [3.63, 3.8) is 0 Å². The number of benzene rings is 2. The second-order valence-corrected chi connectivity index (χ2v) is 8.40. The van der Waals surface area contributed by atoms with Gasteiger partial charge in [-0.3, -0.25) is 4.79 Å². The van der Waals surface area contributed by atoms with Crippen LogP contribution in [0.1, 0.15) is 56.7 Å². The number of hydrazone groups is 1. The van der Waals surface area contributed by atoms with Crippen LogP contribution in [0, 0.1) is 5.92 Å². The molecule has 0 radical (unpaired) electrons. The van der Waals surface area contributed by atoms with Crippen molar-refractivity contribution in [2.75, 3.05) is 13.7 Å². The number of methoxy groups -OCH3 is 1. The Morgan fingerprint density at radius 2 is 1.90 bits per heavy atom. The van der Waals surface area contributed by atoms with E-state index in [1.165, 1.54) is 11.1 Å². The molecule has 29 heavy (non-hydrogen) atoms. The van der Waals surface area contributed by atoms with Gasteiger partial charge in [0.05, 0.1) is 19.9 Å². The largest absolute Gasteiger partial charge is 0.493 e. The fraction of sp³-hybridized carbons (Fsp3) is 0.417. The Kier molecular flexibility index (Phi) is 6.26. The van der Waals surface area contributed by atoms with Crippen molar-refractivity contribution >= 4 is 12.1 Å². The Balaban J connectivity index is 1.56. The minimum atomic E-state index is -0.0373. The SMILES string of the molecule is CCOc1cc(/C=N/NC(=O)[C@H]2C[C@H]2c2ccc(C(C)(C)C)cc2)ccc1OC. The van der Waals surface area contributed by atoms with E-state index >= 15 is 0 Å². The van der Waals surface area contributed by atoms with Gasteiger partial charge >= 0.3 is 0 Å². The summed E-state index contributed by atoms with van der Waals surface area (Å²) in [7, 11) is 1.61. The highest BCUT2D eigenvalue weighted by atomic mass is 16.5. The molecule has 1 N–H and O–H groups in total. The lowest BCUT2D eigenvalue weighted by molar-refractivity contribution is -0.122. The number of nitrogens with zero attached hydrogens (tertiary/aromatic N) is 1. The van der Waals surface area contributed by atoms with Crippen molar-refractivity contribution < 1.29 is 14.3 Å². The van der Waals surface area contributed by atoms with Gasteiger partial charge in [0.2, 0.25) is 5.91 Å². The van der Waals surface area contributed by atoms with E-state index in [2.05, 4.69) is 55.6 Å². The highest BCUT2D eigenvalue weighted by Crippen LogP contribution is 2.47. The van der Waals surface area contributed by atoms with Crippen LogP contribution in [0.2, 0.25) is 0 Å². The van der Waals surface area contributed by atoms with Gasteiger partial charge in [-0.25, -0.2) is 5.43 Å². The lowest BCUT2D eigenvalue weighted by Crippen LogP contribution is -2.20. The average Bonchev–Trinajstić information content (AvgIpc) is 3.49. The van der Waals surface area contributed by atoms with Gasteiger partial charge in [-0.15, -0.1) is 0 Å². The molecular formula is C24H30N2O3. The van der Waals surface area contributed by atoms with Crippen molar-refractivity contribution in [1.82, 2.24) is 5.43 Å². The van der Waals surface area contributed by atoms with Gasteiger partial charge in [-0.2, -0.15) is 5.10 Å². The molecule has 154 valence electrons. The van der Waals surface area contributed by atoms with Gasteiger partial charge in [0, 0.05) is 5.92 Å². The molecule has 0 heterocycles. The molecule has 1 amide bonds. The molecule has 3 rings (SSSR count). The molecule has 1 fully saturated rings. The molecule has 5 nitrogen and oxygen atoms in total. The normalized spacial score (nSPS) is 18.5. The first-order valence-electron chi connectivity index (χ1n) is 10.1. The van der Waals surface area contributed by atoms with Gasteiger partial charge in [0.15, 0.2) is 11.5 Å². The number of hydrogen-bond acceptors (Lipinski definition) is 4. The molecule has 5 heteroatoms. The number of amides is 1. The van der Waals surface area contributed by atoms with Gasteiger partial charge in [-0.05, 0) is 59.6 Å². The van der Waals surface area contributed by atoms with Crippen LogP contribution < -0.4 is 14.9 Å². The summed E-state index contributed by atoms with van der Waals surface area (Å²) in [6.07, 6.45) is 2.49. The van der Waals surface area contributed by atoms with Crippen LogP contribution in [0.4, 0.5) is 0 Å². The quantitative estimate of drug-likeness (QED) is 0.549. The van der Waals surface area contributed by atoms with Crippen molar-refractivity contribution in [3.8, 4) is 11.5 Å². The molecule has 1 aliphatic carbocycles. The average molecular weight is 395 g/mol. The first kappa shape index (κ1) is 20.9. The predicted octanol–water partition coefficient (Wildman–Crippen LogP) is 4.65. The van der Waals surface area contributed by atoms with E-state index in [4.69, 9.17) is 9.47 Å². The van der Waals surface area contributed by atoms with Crippen molar-refractivity contribution in [3.05, 3.63) is 59.2 Å². The summed E-state index contributed by atoms with van der Waals surface area (Å²) >= 11 is 0. The predicted molar refractivity (Wildman–Crippen MR) is 116 cm³/mol. The van der Waals surface area contributed by atoms with Crippen molar-refractivity contribution in [1.29, 1.82) is 0 Å². The molecule has 1 aliphatic rings. The first-order chi connectivity index (χ1) is 13.8. The number of hydrogen-bond donors (Lipinski definition) is 1. The fourth-order valence-corrected chi connectivity index (χ4v) is 3.38.